The number of hydrogen-bond donors (Lipinski definition) is 2. The maximum Gasteiger partial charge on any atom is 0.221 e. The molecule has 0 unspecified atom stereocenters. The molecule has 0 bridgehead atoms. The minimum absolute atomic E-state index is 0.0251. The van der Waals surface area contributed by atoms with Crippen LogP contribution in [0.3, 0.4) is 0 Å². The van der Waals surface area contributed by atoms with Crippen molar-refractivity contribution >= 4 is 23.5 Å². The number of rotatable bonds is 1. The molecule has 1 heterocycles. The SMILES string of the molecule is CC1=C[C@@]2(C)C(=C(F)C1=O)[C@@H](F)C[C@H]1[C@@H]3C[C@H]4OC(C)(C)O[C@@]4(C(=O)S)[C@@]3(C)C[C@H](O)[C@@]12F. The second-order valence-corrected chi connectivity index (χ2v) is 11.7. The fourth-order valence-corrected chi connectivity index (χ4v) is 8.53. The molecule has 0 aromatic heterocycles. The summed E-state index contributed by atoms with van der Waals surface area (Å²) in [5.41, 5.74) is -7.50. The number of carbonyl (C=O) groups is 2. The Morgan fingerprint density at radius 1 is 1.21 bits per heavy atom. The van der Waals surface area contributed by atoms with Gasteiger partial charge in [0.05, 0.1) is 17.6 Å². The van der Waals surface area contributed by atoms with E-state index in [0.29, 0.717) is 0 Å². The highest BCUT2D eigenvalue weighted by molar-refractivity contribution is 7.96. The van der Waals surface area contributed by atoms with Crippen molar-refractivity contribution in [3.05, 3.63) is 23.0 Å². The third-order valence-electron chi connectivity index (χ3n) is 9.30. The molecule has 182 valence electrons. The molecule has 9 atom stereocenters. The van der Waals surface area contributed by atoms with Gasteiger partial charge in [-0.2, -0.15) is 0 Å². The Labute approximate surface area is 196 Å². The van der Waals surface area contributed by atoms with Crippen molar-refractivity contribution in [2.45, 2.75) is 89.3 Å². The van der Waals surface area contributed by atoms with E-state index in [0.717, 1.165) is 0 Å². The number of aliphatic hydroxyl groups excluding tert-OH is 1. The minimum atomic E-state index is -2.45. The molecule has 1 N–H and O–H groups in total. The summed E-state index contributed by atoms with van der Waals surface area (Å²) < 4.78 is 60.0. The van der Waals surface area contributed by atoms with E-state index in [-0.39, 0.29) is 18.4 Å². The second kappa shape index (κ2) is 6.53. The largest absolute Gasteiger partial charge is 0.390 e. The number of ether oxygens (including phenoxy) is 2. The van der Waals surface area contributed by atoms with E-state index >= 15 is 13.2 Å². The van der Waals surface area contributed by atoms with Crippen LogP contribution >= 0.6 is 12.6 Å². The number of ketones is 1. The van der Waals surface area contributed by atoms with Gasteiger partial charge in [-0.3, -0.25) is 9.59 Å². The van der Waals surface area contributed by atoms with Crippen LogP contribution in [0.2, 0.25) is 0 Å². The van der Waals surface area contributed by atoms with Crippen molar-refractivity contribution < 1.29 is 37.3 Å². The molecule has 0 spiro atoms. The first-order chi connectivity index (χ1) is 15.1. The monoisotopic (exact) mass is 486 g/mol. The molecular formula is C24H29F3O5S. The Balaban J connectivity index is 1.69. The molecule has 33 heavy (non-hydrogen) atoms. The zero-order valence-corrected chi connectivity index (χ0v) is 20.1. The standard InChI is InChI=1S/C24H29F3O5S/c1-10-8-22(5)16(17(26)18(10)29)13(25)6-12-11-7-15-24(19(30)33,32-20(2,3)31-15)21(11,4)9-14(28)23(12,22)27/h8,11-15,28H,6-7,9H2,1-5H3,(H,30,33)/t11-,12-,13-,14-,15+,21-,22-,23-,24-/m0/s1. The summed E-state index contributed by atoms with van der Waals surface area (Å²) >= 11 is 4.12. The molecule has 0 aromatic carbocycles. The predicted octanol–water partition coefficient (Wildman–Crippen LogP) is 3.95. The first-order valence-corrected chi connectivity index (χ1v) is 11.8. The highest BCUT2D eigenvalue weighted by Crippen LogP contribution is 2.73. The lowest BCUT2D eigenvalue weighted by molar-refractivity contribution is -0.246. The van der Waals surface area contributed by atoms with Gasteiger partial charge in [-0.25, -0.2) is 13.2 Å². The number of aliphatic hydroxyl groups is 1. The fraction of sp³-hybridized carbons (Fsp3) is 0.750. The molecule has 0 radical (unpaired) electrons. The lowest BCUT2D eigenvalue weighted by atomic mass is 9.44. The highest BCUT2D eigenvalue weighted by Gasteiger charge is 2.80. The molecule has 0 amide bonds. The molecule has 0 aromatic rings. The number of fused-ring (bicyclic) bond motifs is 7. The summed E-state index contributed by atoms with van der Waals surface area (Å²) in [5, 5.41) is 10.8. The van der Waals surface area contributed by atoms with Crippen LogP contribution in [0.25, 0.3) is 0 Å². The topological polar surface area (TPSA) is 72.8 Å². The second-order valence-electron chi connectivity index (χ2n) is 11.3. The molecule has 5 nitrogen and oxygen atoms in total. The van der Waals surface area contributed by atoms with Crippen LogP contribution in [0.1, 0.15) is 53.9 Å². The summed E-state index contributed by atoms with van der Waals surface area (Å²) in [5.74, 6) is -4.99. The number of carbonyl (C=O) groups excluding carboxylic acids is 2. The maximum absolute atomic E-state index is 17.3. The van der Waals surface area contributed by atoms with Gasteiger partial charge in [-0.15, -0.1) is 12.6 Å². The Hall–Kier alpha value is -1.16. The molecule has 3 saturated carbocycles. The van der Waals surface area contributed by atoms with Crippen LogP contribution in [0.5, 0.6) is 0 Å². The fourth-order valence-electron chi connectivity index (χ4n) is 8.08. The van der Waals surface area contributed by atoms with Crippen LogP contribution in [-0.2, 0) is 19.1 Å². The molecule has 4 fully saturated rings. The number of alkyl halides is 2. The van der Waals surface area contributed by atoms with E-state index in [4.69, 9.17) is 9.47 Å². The van der Waals surface area contributed by atoms with Crippen LogP contribution in [0.15, 0.2) is 23.0 Å². The van der Waals surface area contributed by atoms with Crippen LogP contribution in [0.4, 0.5) is 13.2 Å². The highest BCUT2D eigenvalue weighted by atomic mass is 32.1. The van der Waals surface area contributed by atoms with Crippen molar-refractivity contribution in [3.8, 4) is 0 Å². The van der Waals surface area contributed by atoms with E-state index in [1.807, 2.05) is 0 Å². The third-order valence-corrected chi connectivity index (χ3v) is 9.63. The zero-order valence-electron chi connectivity index (χ0n) is 19.2. The predicted molar refractivity (Wildman–Crippen MR) is 115 cm³/mol. The first-order valence-electron chi connectivity index (χ1n) is 11.3. The molecular weight excluding hydrogens is 457 g/mol. The number of Topliss-reactive ketones (excluding diaryl/α,β-unsaturated/α-hetero) is 1. The lowest BCUT2D eigenvalue weighted by Gasteiger charge is -2.63. The normalized spacial score (nSPS) is 52.6. The molecule has 1 saturated heterocycles. The summed E-state index contributed by atoms with van der Waals surface area (Å²) in [7, 11) is 0. The van der Waals surface area contributed by atoms with Crippen LogP contribution in [-0.4, -0.2) is 51.4 Å². The van der Waals surface area contributed by atoms with Gasteiger partial charge in [-0.1, -0.05) is 13.0 Å². The number of thiol groups is 1. The average Bonchev–Trinajstić information content (AvgIpc) is 3.09. The number of hydrogen-bond acceptors (Lipinski definition) is 5. The van der Waals surface area contributed by atoms with Crippen molar-refractivity contribution in [1.82, 2.24) is 0 Å². The van der Waals surface area contributed by atoms with Gasteiger partial charge >= 0.3 is 0 Å². The van der Waals surface area contributed by atoms with E-state index in [2.05, 4.69) is 12.6 Å². The molecule has 9 heteroatoms. The van der Waals surface area contributed by atoms with Gasteiger partial charge in [-0.05, 0) is 58.4 Å². The average molecular weight is 487 g/mol. The van der Waals surface area contributed by atoms with Gasteiger partial charge in [0, 0.05) is 16.9 Å². The Morgan fingerprint density at radius 3 is 2.45 bits per heavy atom. The first kappa shape index (κ1) is 23.6. The molecule has 1 aliphatic heterocycles. The minimum Gasteiger partial charge on any atom is -0.390 e. The quantitative estimate of drug-likeness (QED) is 0.550. The summed E-state index contributed by atoms with van der Waals surface area (Å²) in [4.78, 5) is 25.2. The van der Waals surface area contributed by atoms with Crippen molar-refractivity contribution in [1.29, 1.82) is 0 Å². The number of allylic oxidation sites excluding steroid dienone is 4. The van der Waals surface area contributed by atoms with Gasteiger partial charge in [0.1, 0.15) is 6.17 Å². The summed E-state index contributed by atoms with van der Waals surface area (Å²) in [6.45, 7) is 7.81. The van der Waals surface area contributed by atoms with E-state index in [1.54, 1.807) is 20.8 Å². The number of halogens is 3. The third kappa shape index (κ3) is 2.47. The smallest absolute Gasteiger partial charge is 0.221 e. The zero-order chi connectivity index (χ0) is 24.5. The summed E-state index contributed by atoms with van der Waals surface area (Å²) in [6, 6.07) is 0. The molecule has 4 aliphatic carbocycles. The van der Waals surface area contributed by atoms with Crippen molar-refractivity contribution in [2.75, 3.05) is 0 Å². The van der Waals surface area contributed by atoms with Crippen molar-refractivity contribution in [3.63, 3.8) is 0 Å². The Bertz CT molecular complexity index is 1040. The van der Waals surface area contributed by atoms with Gasteiger partial charge in [0.15, 0.2) is 22.9 Å². The van der Waals surface area contributed by atoms with Crippen molar-refractivity contribution in [2.24, 2.45) is 22.7 Å². The Morgan fingerprint density at radius 2 is 1.85 bits per heavy atom. The maximum atomic E-state index is 17.3. The lowest BCUT2D eigenvalue weighted by Crippen LogP contribution is -2.70. The molecule has 5 rings (SSSR count). The van der Waals surface area contributed by atoms with Crippen LogP contribution in [0, 0.1) is 22.7 Å². The summed E-state index contributed by atoms with van der Waals surface area (Å²) in [6.07, 6.45) is -3.45. The van der Waals surface area contributed by atoms with Gasteiger partial charge in [0.2, 0.25) is 10.9 Å². The van der Waals surface area contributed by atoms with Crippen LogP contribution < -0.4 is 0 Å². The van der Waals surface area contributed by atoms with E-state index < -0.39 is 86.8 Å². The Kier molecular flexibility index (Phi) is 4.67. The van der Waals surface area contributed by atoms with E-state index in [9.17, 15) is 14.7 Å². The van der Waals surface area contributed by atoms with E-state index in [1.165, 1.54) is 19.9 Å². The molecule has 5 aliphatic rings. The van der Waals surface area contributed by atoms with Gasteiger partial charge < -0.3 is 14.6 Å². The van der Waals surface area contributed by atoms with Gasteiger partial charge in [0.25, 0.3) is 0 Å².